The molecule has 2 saturated carbocycles. The largest absolute Gasteiger partial charge is 0.368 e. The van der Waals surface area contributed by atoms with Gasteiger partial charge in [-0.1, -0.05) is 25.7 Å². The SMILES string of the molecule is NC(=O)CNC(=O)C1CCC2CCCCC2C1. The molecule has 0 spiro atoms. The van der Waals surface area contributed by atoms with Crippen LogP contribution in [-0.2, 0) is 9.59 Å². The number of fused-ring (bicyclic) bond motifs is 1. The molecule has 0 radical (unpaired) electrons. The minimum absolute atomic E-state index is 0.0211. The highest BCUT2D eigenvalue weighted by atomic mass is 16.2. The van der Waals surface area contributed by atoms with E-state index in [9.17, 15) is 9.59 Å². The van der Waals surface area contributed by atoms with Crippen LogP contribution in [0.4, 0.5) is 0 Å². The topological polar surface area (TPSA) is 72.2 Å². The lowest BCUT2D eigenvalue weighted by molar-refractivity contribution is -0.129. The summed E-state index contributed by atoms with van der Waals surface area (Å²) >= 11 is 0. The Morgan fingerprint density at radius 2 is 1.76 bits per heavy atom. The van der Waals surface area contributed by atoms with Crippen LogP contribution in [0.5, 0.6) is 0 Å². The minimum Gasteiger partial charge on any atom is -0.368 e. The number of carbonyl (C=O) groups is 2. The Balaban J connectivity index is 1.82. The van der Waals surface area contributed by atoms with E-state index in [0.29, 0.717) is 0 Å². The van der Waals surface area contributed by atoms with E-state index in [1.54, 1.807) is 0 Å². The number of primary amides is 1. The summed E-state index contributed by atoms with van der Waals surface area (Å²) in [5.74, 6) is 1.25. The normalized spacial score (nSPS) is 32.6. The molecule has 0 aromatic heterocycles. The average molecular weight is 238 g/mol. The van der Waals surface area contributed by atoms with Crippen LogP contribution in [0.3, 0.4) is 0 Å². The molecule has 2 aliphatic rings. The Morgan fingerprint density at radius 3 is 2.47 bits per heavy atom. The quantitative estimate of drug-likeness (QED) is 0.775. The maximum atomic E-state index is 11.9. The fourth-order valence-electron chi connectivity index (χ4n) is 3.43. The highest BCUT2D eigenvalue weighted by Crippen LogP contribution is 2.42. The molecule has 3 unspecified atom stereocenters. The van der Waals surface area contributed by atoms with Crippen LogP contribution >= 0.6 is 0 Å². The minimum atomic E-state index is -0.468. The van der Waals surface area contributed by atoms with Gasteiger partial charge in [-0.15, -0.1) is 0 Å². The standard InChI is InChI=1S/C13H22N2O2/c14-12(16)8-15-13(17)11-6-5-9-3-1-2-4-10(9)7-11/h9-11H,1-8H2,(H2,14,16)(H,15,17). The Labute approximate surface area is 102 Å². The highest BCUT2D eigenvalue weighted by Gasteiger charge is 2.34. The third-order valence-corrected chi connectivity index (χ3v) is 4.35. The third kappa shape index (κ3) is 3.20. The van der Waals surface area contributed by atoms with E-state index >= 15 is 0 Å². The molecule has 0 aliphatic heterocycles. The van der Waals surface area contributed by atoms with Crippen molar-refractivity contribution in [2.24, 2.45) is 23.5 Å². The van der Waals surface area contributed by atoms with E-state index in [-0.39, 0.29) is 18.4 Å². The Morgan fingerprint density at radius 1 is 1.06 bits per heavy atom. The van der Waals surface area contributed by atoms with E-state index in [4.69, 9.17) is 5.73 Å². The summed E-state index contributed by atoms with van der Waals surface area (Å²) in [5.41, 5.74) is 5.02. The summed E-state index contributed by atoms with van der Waals surface area (Å²) in [6.45, 7) is -0.0244. The second-order valence-electron chi connectivity index (χ2n) is 5.50. The van der Waals surface area contributed by atoms with Crippen LogP contribution in [-0.4, -0.2) is 18.4 Å². The average Bonchev–Trinajstić information content (AvgIpc) is 2.35. The van der Waals surface area contributed by atoms with Crippen molar-refractivity contribution in [3.05, 3.63) is 0 Å². The molecule has 2 fully saturated rings. The van der Waals surface area contributed by atoms with Gasteiger partial charge in [-0.3, -0.25) is 9.59 Å². The number of nitrogens with two attached hydrogens (primary N) is 1. The van der Waals surface area contributed by atoms with E-state index in [0.717, 1.165) is 24.7 Å². The third-order valence-electron chi connectivity index (χ3n) is 4.35. The summed E-state index contributed by atoms with van der Waals surface area (Å²) in [4.78, 5) is 22.5. The maximum absolute atomic E-state index is 11.9. The van der Waals surface area contributed by atoms with Gasteiger partial charge in [-0.2, -0.15) is 0 Å². The second-order valence-corrected chi connectivity index (χ2v) is 5.50. The van der Waals surface area contributed by atoms with Crippen LogP contribution < -0.4 is 11.1 Å². The summed E-state index contributed by atoms with van der Waals surface area (Å²) in [6, 6.07) is 0. The molecule has 2 rings (SSSR count). The van der Waals surface area contributed by atoms with Gasteiger partial charge in [0.05, 0.1) is 6.54 Å². The van der Waals surface area contributed by atoms with Crippen molar-refractivity contribution in [1.82, 2.24) is 5.32 Å². The van der Waals surface area contributed by atoms with Crippen molar-refractivity contribution in [1.29, 1.82) is 0 Å². The number of rotatable bonds is 3. The van der Waals surface area contributed by atoms with Gasteiger partial charge in [0.15, 0.2) is 0 Å². The zero-order valence-electron chi connectivity index (χ0n) is 10.3. The van der Waals surface area contributed by atoms with Crippen LogP contribution in [0.1, 0.15) is 44.9 Å². The van der Waals surface area contributed by atoms with Gasteiger partial charge in [0.1, 0.15) is 0 Å². The molecule has 0 aromatic carbocycles. The first-order valence-corrected chi connectivity index (χ1v) is 6.73. The van der Waals surface area contributed by atoms with Gasteiger partial charge < -0.3 is 11.1 Å². The molecule has 4 heteroatoms. The highest BCUT2D eigenvalue weighted by molar-refractivity contribution is 5.84. The van der Waals surface area contributed by atoms with Gasteiger partial charge >= 0.3 is 0 Å². The molecule has 0 aromatic rings. The first kappa shape index (κ1) is 12.4. The first-order valence-electron chi connectivity index (χ1n) is 6.73. The van der Waals surface area contributed by atoms with Gasteiger partial charge in [0.2, 0.25) is 11.8 Å². The maximum Gasteiger partial charge on any atom is 0.236 e. The van der Waals surface area contributed by atoms with Crippen LogP contribution in [0.2, 0.25) is 0 Å². The molecular formula is C13H22N2O2. The molecule has 3 atom stereocenters. The van der Waals surface area contributed by atoms with E-state index in [1.807, 2.05) is 0 Å². The van der Waals surface area contributed by atoms with Crippen LogP contribution in [0, 0.1) is 17.8 Å². The van der Waals surface area contributed by atoms with Crippen molar-refractivity contribution >= 4 is 11.8 Å². The van der Waals surface area contributed by atoms with Gasteiger partial charge in [0.25, 0.3) is 0 Å². The molecule has 17 heavy (non-hydrogen) atoms. The lowest BCUT2D eigenvalue weighted by Crippen LogP contribution is -2.40. The van der Waals surface area contributed by atoms with E-state index in [1.165, 1.54) is 32.1 Å². The van der Waals surface area contributed by atoms with Gasteiger partial charge in [0, 0.05) is 5.92 Å². The van der Waals surface area contributed by atoms with Crippen molar-refractivity contribution in [2.45, 2.75) is 44.9 Å². The van der Waals surface area contributed by atoms with E-state index < -0.39 is 5.91 Å². The summed E-state index contributed by atoms with van der Waals surface area (Å²) in [7, 11) is 0. The molecular weight excluding hydrogens is 216 g/mol. The molecule has 3 N–H and O–H groups in total. The number of carbonyl (C=O) groups excluding carboxylic acids is 2. The molecule has 2 aliphatic carbocycles. The van der Waals surface area contributed by atoms with Crippen LogP contribution in [0.15, 0.2) is 0 Å². The number of nitrogens with one attached hydrogen (secondary N) is 1. The summed E-state index contributed by atoms with van der Waals surface area (Å²) in [6.07, 6.45) is 8.47. The Hall–Kier alpha value is -1.06. The predicted molar refractivity (Wildman–Crippen MR) is 65.0 cm³/mol. The zero-order chi connectivity index (χ0) is 12.3. The van der Waals surface area contributed by atoms with Crippen molar-refractivity contribution < 1.29 is 9.59 Å². The summed E-state index contributed by atoms with van der Waals surface area (Å²) < 4.78 is 0. The smallest absolute Gasteiger partial charge is 0.236 e. The molecule has 0 saturated heterocycles. The Bertz CT molecular complexity index is 304. The van der Waals surface area contributed by atoms with Gasteiger partial charge in [-0.05, 0) is 31.1 Å². The van der Waals surface area contributed by atoms with Crippen molar-refractivity contribution in [3.63, 3.8) is 0 Å². The molecule has 0 heterocycles. The van der Waals surface area contributed by atoms with Gasteiger partial charge in [-0.25, -0.2) is 0 Å². The Kier molecular flexibility index (Phi) is 4.02. The number of amides is 2. The molecule has 96 valence electrons. The predicted octanol–water partition coefficient (Wildman–Crippen LogP) is 1.19. The fourth-order valence-corrected chi connectivity index (χ4v) is 3.43. The van der Waals surface area contributed by atoms with Crippen molar-refractivity contribution in [2.75, 3.05) is 6.54 Å². The van der Waals surface area contributed by atoms with E-state index in [2.05, 4.69) is 5.32 Å². The molecule has 0 bridgehead atoms. The molecule has 4 nitrogen and oxygen atoms in total. The zero-order valence-corrected chi connectivity index (χ0v) is 10.3. The lowest BCUT2D eigenvalue weighted by Gasteiger charge is -2.38. The monoisotopic (exact) mass is 238 g/mol. The van der Waals surface area contributed by atoms with Crippen molar-refractivity contribution in [3.8, 4) is 0 Å². The first-order chi connectivity index (χ1) is 8.16. The number of hydrogen-bond acceptors (Lipinski definition) is 2. The number of hydrogen-bond donors (Lipinski definition) is 2. The second kappa shape index (κ2) is 5.52. The lowest BCUT2D eigenvalue weighted by atomic mass is 9.67. The van der Waals surface area contributed by atoms with Crippen LogP contribution in [0.25, 0.3) is 0 Å². The molecule has 2 amide bonds. The summed E-state index contributed by atoms with van der Waals surface area (Å²) in [5, 5.41) is 2.63. The fraction of sp³-hybridized carbons (Fsp3) is 0.846.